The largest absolute Gasteiger partial charge is 0.462 e. The van der Waals surface area contributed by atoms with E-state index in [0.717, 1.165) is 69.6 Å². The molecule has 6 nitrogen and oxygen atoms in total. The Labute approximate surface area is 406 Å². The molecule has 0 aromatic carbocycles. The summed E-state index contributed by atoms with van der Waals surface area (Å²) in [6.07, 6.45) is 55.3. The number of unbranched alkanes of at least 4 members (excludes halogenated alkanes) is 38. The van der Waals surface area contributed by atoms with E-state index in [4.69, 9.17) is 14.2 Å². The number of hydrogen-bond donors (Lipinski definition) is 0. The van der Waals surface area contributed by atoms with Crippen LogP contribution in [0, 0.1) is 11.8 Å². The molecule has 0 aliphatic carbocycles. The fraction of sp³-hybridized carbons (Fsp3) is 0.949. The van der Waals surface area contributed by atoms with Crippen molar-refractivity contribution in [2.75, 3.05) is 13.2 Å². The summed E-state index contributed by atoms with van der Waals surface area (Å²) in [5.41, 5.74) is 0. The van der Waals surface area contributed by atoms with E-state index < -0.39 is 6.10 Å². The highest BCUT2D eigenvalue weighted by molar-refractivity contribution is 5.71. The second-order valence-corrected chi connectivity index (χ2v) is 21.2. The maximum absolute atomic E-state index is 12.8. The molecule has 0 saturated heterocycles. The van der Waals surface area contributed by atoms with Gasteiger partial charge in [-0.05, 0) is 31.1 Å². The predicted molar refractivity (Wildman–Crippen MR) is 280 cm³/mol. The summed E-state index contributed by atoms with van der Waals surface area (Å²) >= 11 is 0. The van der Waals surface area contributed by atoms with Crippen LogP contribution in [0.4, 0.5) is 0 Å². The van der Waals surface area contributed by atoms with Gasteiger partial charge >= 0.3 is 17.9 Å². The Morgan fingerprint density at radius 3 is 0.754 bits per heavy atom. The molecule has 0 aromatic rings. The molecule has 0 heterocycles. The second kappa shape index (κ2) is 51.8. The minimum atomic E-state index is -0.763. The van der Waals surface area contributed by atoms with Gasteiger partial charge in [0.05, 0.1) is 0 Å². The third kappa shape index (κ3) is 53.2. The van der Waals surface area contributed by atoms with Crippen molar-refractivity contribution in [3.8, 4) is 0 Å². The van der Waals surface area contributed by atoms with Gasteiger partial charge in [0.15, 0.2) is 6.10 Å². The molecule has 0 aromatic heterocycles. The van der Waals surface area contributed by atoms with Gasteiger partial charge in [-0.15, -0.1) is 0 Å². The van der Waals surface area contributed by atoms with Gasteiger partial charge in [0.2, 0.25) is 0 Å². The lowest BCUT2D eigenvalue weighted by molar-refractivity contribution is -0.167. The molecule has 386 valence electrons. The number of carbonyl (C=O) groups excluding carboxylic acids is 3. The fourth-order valence-electron chi connectivity index (χ4n) is 9.05. The molecule has 0 radical (unpaired) electrons. The molecular weight excluding hydrogens is 805 g/mol. The Morgan fingerprint density at radius 2 is 0.508 bits per heavy atom. The molecule has 0 saturated carbocycles. The summed E-state index contributed by atoms with van der Waals surface area (Å²) in [6.45, 7) is 11.4. The molecule has 6 heteroatoms. The average Bonchev–Trinajstić information content (AvgIpc) is 3.28. The van der Waals surface area contributed by atoms with Crippen molar-refractivity contribution in [2.24, 2.45) is 11.8 Å². The Morgan fingerprint density at radius 1 is 0.292 bits per heavy atom. The van der Waals surface area contributed by atoms with Crippen LogP contribution in [0.25, 0.3) is 0 Å². The molecule has 65 heavy (non-hydrogen) atoms. The minimum absolute atomic E-state index is 0.0629. The molecule has 0 unspecified atom stereocenters. The van der Waals surface area contributed by atoms with Crippen LogP contribution in [0.5, 0.6) is 0 Å². The first-order valence-corrected chi connectivity index (χ1v) is 29.2. The first kappa shape index (κ1) is 63.4. The standard InChI is InChI=1S/C59H114O6/c1-6-7-8-9-10-11-12-13-14-18-21-24-29-34-39-44-49-57(60)63-52-56(65-59(62)51-46-41-36-31-26-28-33-38-43-48-55(4)5)53-64-58(61)50-45-40-35-30-25-22-19-16-15-17-20-23-27-32-37-42-47-54(2)3/h54-56H,6-53H2,1-5H3/t56-/m0/s1. The zero-order chi connectivity index (χ0) is 47.5. The number of ether oxygens (including phenoxy) is 3. The average molecular weight is 920 g/mol. The van der Waals surface area contributed by atoms with Crippen molar-refractivity contribution < 1.29 is 28.6 Å². The van der Waals surface area contributed by atoms with Crippen molar-refractivity contribution in [1.82, 2.24) is 0 Å². The van der Waals surface area contributed by atoms with E-state index in [-0.39, 0.29) is 31.1 Å². The highest BCUT2D eigenvalue weighted by atomic mass is 16.6. The third-order valence-corrected chi connectivity index (χ3v) is 13.5. The molecule has 0 spiro atoms. The van der Waals surface area contributed by atoms with Crippen LogP contribution < -0.4 is 0 Å². The normalized spacial score (nSPS) is 12.0. The third-order valence-electron chi connectivity index (χ3n) is 13.5. The highest BCUT2D eigenvalue weighted by Crippen LogP contribution is 2.18. The van der Waals surface area contributed by atoms with Gasteiger partial charge in [-0.2, -0.15) is 0 Å². The van der Waals surface area contributed by atoms with Gasteiger partial charge in [0.1, 0.15) is 13.2 Å². The minimum Gasteiger partial charge on any atom is -0.462 e. The van der Waals surface area contributed by atoms with E-state index in [0.29, 0.717) is 19.3 Å². The summed E-state index contributed by atoms with van der Waals surface area (Å²) in [6, 6.07) is 0. The van der Waals surface area contributed by atoms with E-state index in [2.05, 4.69) is 34.6 Å². The van der Waals surface area contributed by atoms with Crippen LogP contribution in [0.3, 0.4) is 0 Å². The Kier molecular flexibility index (Phi) is 50.5. The number of esters is 3. The highest BCUT2D eigenvalue weighted by Gasteiger charge is 2.19. The maximum Gasteiger partial charge on any atom is 0.306 e. The molecule has 0 rings (SSSR count). The Bertz CT molecular complexity index is 993. The van der Waals surface area contributed by atoms with E-state index >= 15 is 0 Å². The van der Waals surface area contributed by atoms with Crippen LogP contribution in [-0.4, -0.2) is 37.2 Å². The van der Waals surface area contributed by atoms with Crippen LogP contribution >= 0.6 is 0 Å². The van der Waals surface area contributed by atoms with E-state index in [1.54, 1.807) is 0 Å². The summed E-state index contributed by atoms with van der Waals surface area (Å²) in [5, 5.41) is 0. The summed E-state index contributed by atoms with van der Waals surface area (Å²) in [5.74, 6) is 0.819. The van der Waals surface area contributed by atoms with Crippen molar-refractivity contribution in [3.63, 3.8) is 0 Å². The van der Waals surface area contributed by atoms with E-state index in [1.807, 2.05) is 0 Å². The Balaban J connectivity index is 4.25. The van der Waals surface area contributed by atoms with E-state index in [1.165, 1.54) is 218 Å². The predicted octanol–water partition coefficient (Wildman–Crippen LogP) is 19.3. The van der Waals surface area contributed by atoms with Gasteiger partial charge in [-0.3, -0.25) is 14.4 Å². The molecule has 0 N–H and O–H groups in total. The van der Waals surface area contributed by atoms with Gasteiger partial charge in [0.25, 0.3) is 0 Å². The summed E-state index contributed by atoms with van der Waals surface area (Å²) in [4.78, 5) is 38.1. The fourth-order valence-corrected chi connectivity index (χ4v) is 9.05. The van der Waals surface area contributed by atoms with Gasteiger partial charge in [0, 0.05) is 19.3 Å². The zero-order valence-electron chi connectivity index (χ0n) is 44.6. The van der Waals surface area contributed by atoms with E-state index in [9.17, 15) is 14.4 Å². The van der Waals surface area contributed by atoms with Gasteiger partial charge in [-0.25, -0.2) is 0 Å². The maximum atomic E-state index is 12.8. The molecular formula is C59H114O6. The molecule has 0 amide bonds. The van der Waals surface area contributed by atoms with Gasteiger partial charge < -0.3 is 14.2 Å². The number of hydrogen-bond acceptors (Lipinski definition) is 6. The zero-order valence-corrected chi connectivity index (χ0v) is 44.6. The lowest BCUT2D eigenvalue weighted by atomic mass is 10.0. The SMILES string of the molecule is CCCCCCCCCCCCCCCCCCC(=O)OC[C@@H](COC(=O)CCCCCCCCCCCCCCCCCCC(C)C)OC(=O)CCCCCCCCCCCC(C)C. The topological polar surface area (TPSA) is 78.9 Å². The second-order valence-electron chi connectivity index (χ2n) is 21.2. The first-order chi connectivity index (χ1) is 31.7. The first-order valence-electron chi connectivity index (χ1n) is 29.2. The van der Waals surface area contributed by atoms with Crippen LogP contribution in [0.15, 0.2) is 0 Å². The number of carbonyl (C=O) groups is 3. The lowest BCUT2D eigenvalue weighted by Gasteiger charge is -2.18. The quantitative estimate of drug-likeness (QED) is 0.0344. The Hall–Kier alpha value is -1.59. The molecule has 0 bridgehead atoms. The van der Waals surface area contributed by atoms with Gasteiger partial charge in [-0.1, -0.05) is 291 Å². The number of rotatable bonds is 53. The molecule has 0 fully saturated rings. The van der Waals surface area contributed by atoms with Crippen LogP contribution in [-0.2, 0) is 28.6 Å². The lowest BCUT2D eigenvalue weighted by Crippen LogP contribution is -2.30. The molecule has 0 aliphatic rings. The van der Waals surface area contributed by atoms with Crippen molar-refractivity contribution in [2.45, 2.75) is 336 Å². The molecule has 0 aliphatic heterocycles. The van der Waals surface area contributed by atoms with Crippen LogP contribution in [0.1, 0.15) is 330 Å². The van der Waals surface area contributed by atoms with Crippen LogP contribution in [0.2, 0.25) is 0 Å². The monoisotopic (exact) mass is 919 g/mol. The molecule has 1 atom stereocenters. The smallest absolute Gasteiger partial charge is 0.306 e. The van der Waals surface area contributed by atoms with Crippen molar-refractivity contribution >= 4 is 17.9 Å². The van der Waals surface area contributed by atoms with Crippen molar-refractivity contribution in [1.29, 1.82) is 0 Å². The summed E-state index contributed by atoms with van der Waals surface area (Å²) < 4.78 is 16.9. The van der Waals surface area contributed by atoms with Crippen molar-refractivity contribution in [3.05, 3.63) is 0 Å². The summed E-state index contributed by atoms with van der Waals surface area (Å²) in [7, 11) is 0.